The van der Waals surface area contributed by atoms with Crippen LogP contribution in [-0.2, 0) is 13.0 Å². The number of likely N-dealkylation sites (tertiary alicyclic amines) is 1. The average Bonchev–Trinajstić information content (AvgIpc) is 3.00. The third-order valence-corrected chi connectivity index (χ3v) is 7.99. The molecule has 4 aromatic carbocycles. The van der Waals surface area contributed by atoms with Gasteiger partial charge in [-0.2, -0.15) is 0 Å². The molecule has 4 heteroatoms. The number of nitrogens with one attached hydrogen (secondary N) is 1. The van der Waals surface area contributed by atoms with E-state index in [4.69, 9.17) is 0 Å². The molecule has 0 saturated carbocycles. The van der Waals surface area contributed by atoms with Crippen molar-refractivity contribution < 1.29 is 4.79 Å². The molecule has 5 rings (SSSR count). The second-order valence-electron chi connectivity index (χ2n) is 11.1. The minimum Gasteiger partial charge on any atom is -0.320 e. The Kier molecular flexibility index (Phi) is 9.65. The Morgan fingerprint density at radius 3 is 2.08 bits per heavy atom. The van der Waals surface area contributed by atoms with Crippen LogP contribution in [0.5, 0.6) is 0 Å². The fourth-order valence-electron chi connectivity index (χ4n) is 5.57. The van der Waals surface area contributed by atoms with Crippen LogP contribution in [-0.4, -0.2) is 42.0 Å². The van der Waals surface area contributed by atoms with E-state index in [1.807, 2.05) is 35.2 Å². The summed E-state index contributed by atoms with van der Waals surface area (Å²) in [6.45, 7) is 6.80. The first-order valence-electron chi connectivity index (χ1n) is 14.7. The number of anilines is 1. The summed E-state index contributed by atoms with van der Waals surface area (Å²) in [7, 11) is 0. The monoisotopic (exact) mass is 531 g/mol. The van der Waals surface area contributed by atoms with E-state index in [1.165, 1.54) is 28.7 Å². The summed E-state index contributed by atoms with van der Waals surface area (Å²) < 4.78 is 0. The second-order valence-corrected chi connectivity index (χ2v) is 11.1. The summed E-state index contributed by atoms with van der Waals surface area (Å²) in [5.41, 5.74) is 7.00. The highest BCUT2D eigenvalue weighted by Gasteiger charge is 2.24. The molecule has 40 heavy (non-hydrogen) atoms. The molecule has 2 amide bonds. The van der Waals surface area contributed by atoms with E-state index in [1.54, 1.807) is 0 Å². The Bertz CT molecular complexity index is 1310. The number of piperidine rings is 1. The van der Waals surface area contributed by atoms with Gasteiger partial charge in [-0.15, -0.1) is 0 Å². The number of hydrogen-bond acceptors (Lipinski definition) is 2. The smallest absolute Gasteiger partial charge is 0.320 e. The van der Waals surface area contributed by atoms with Crippen LogP contribution in [0.1, 0.15) is 36.0 Å². The summed E-state index contributed by atoms with van der Waals surface area (Å²) in [4.78, 5) is 18.1. The van der Waals surface area contributed by atoms with Crippen LogP contribution in [0.15, 0.2) is 109 Å². The number of aryl methyl sites for hydroxylation is 2. The number of nitrogens with zero attached hydrogens (tertiary/aromatic N) is 2. The molecule has 0 atom stereocenters. The Hall–Kier alpha value is -3.89. The minimum absolute atomic E-state index is 0.0266. The summed E-state index contributed by atoms with van der Waals surface area (Å²) >= 11 is 0. The van der Waals surface area contributed by atoms with Crippen LogP contribution in [0, 0.1) is 12.8 Å². The molecule has 1 heterocycles. The Morgan fingerprint density at radius 1 is 0.775 bits per heavy atom. The van der Waals surface area contributed by atoms with Gasteiger partial charge in [-0.1, -0.05) is 103 Å². The molecule has 206 valence electrons. The molecule has 0 bridgehead atoms. The van der Waals surface area contributed by atoms with Gasteiger partial charge in [0.15, 0.2) is 0 Å². The predicted molar refractivity (Wildman–Crippen MR) is 166 cm³/mol. The van der Waals surface area contributed by atoms with E-state index in [9.17, 15) is 4.79 Å². The number of carbonyl (C=O) groups is 1. The van der Waals surface area contributed by atoms with Crippen LogP contribution >= 0.6 is 0 Å². The van der Waals surface area contributed by atoms with Crippen molar-refractivity contribution in [1.29, 1.82) is 0 Å². The maximum atomic E-state index is 13.5. The van der Waals surface area contributed by atoms with Gasteiger partial charge >= 0.3 is 6.03 Å². The first kappa shape index (κ1) is 27.7. The van der Waals surface area contributed by atoms with Gasteiger partial charge in [0.1, 0.15) is 0 Å². The molecule has 0 unspecified atom stereocenters. The highest BCUT2D eigenvalue weighted by Crippen LogP contribution is 2.23. The van der Waals surface area contributed by atoms with E-state index in [0.717, 1.165) is 56.7 Å². The van der Waals surface area contributed by atoms with Crippen LogP contribution in [0.3, 0.4) is 0 Å². The molecule has 0 spiro atoms. The van der Waals surface area contributed by atoms with Crippen molar-refractivity contribution in [3.63, 3.8) is 0 Å². The topological polar surface area (TPSA) is 35.6 Å². The van der Waals surface area contributed by atoms with Crippen molar-refractivity contribution >= 4 is 11.7 Å². The van der Waals surface area contributed by atoms with Crippen molar-refractivity contribution in [2.75, 3.05) is 31.5 Å². The average molecular weight is 532 g/mol. The highest BCUT2D eigenvalue weighted by molar-refractivity contribution is 5.89. The van der Waals surface area contributed by atoms with Crippen molar-refractivity contribution in [2.24, 2.45) is 5.92 Å². The number of benzene rings is 4. The fourth-order valence-corrected chi connectivity index (χ4v) is 5.57. The number of rotatable bonds is 10. The van der Waals surface area contributed by atoms with E-state index < -0.39 is 0 Å². The second kappa shape index (κ2) is 14.0. The third-order valence-electron chi connectivity index (χ3n) is 7.99. The summed E-state index contributed by atoms with van der Waals surface area (Å²) in [6.07, 6.45) is 4.59. The van der Waals surface area contributed by atoms with Crippen LogP contribution in [0.4, 0.5) is 10.5 Å². The summed E-state index contributed by atoms with van der Waals surface area (Å²) in [6, 6.07) is 37.8. The Morgan fingerprint density at radius 2 is 1.40 bits per heavy atom. The first-order valence-corrected chi connectivity index (χ1v) is 14.7. The predicted octanol–water partition coefficient (Wildman–Crippen LogP) is 8.04. The number of carbonyl (C=O) groups excluding carboxylic acids is 1. The molecule has 0 radical (unpaired) electrons. The minimum atomic E-state index is -0.0266. The van der Waals surface area contributed by atoms with Gasteiger partial charge in [0.2, 0.25) is 0 Å². The normalized spacial score (nSPS) is 14.1. The first-order chi connectivity index (χ1) is 19.6. The maximum absolute atomic E-state index is 13.5. The van der Waals surface area contributed by atoms with Gasteiger partial charge in [0.25, 0.3) is 0 Å². The molecule has 4 nitrogen and oxygen atoms in total. The molecule has 1 aliphatic heterocycles. The van der Waals surface area contributed by atoms with Crippen LogP contribution < -0.4 is 5.32 Å². The lowest BCUT2D eigenvalue weighted by Crippen LogP contribution is -2.42. The third kappa shape index (κ3) is 8.06. The zero-order valence-corrected chi connectivity index (χ0v) is 23.6. The van der Waals surface area contributed by atoms with Crippen molar-refractivity contribution in [2.45, 2.75) is 39.2 Å². The lowest BCUT2D eigenvalue weighted by atomic mass is 9.95. The largest absolute Gasteiger partial charge is 0.322 e. The van der Waals surface area contributed by atoms with E-state index >= 15 is 0 Å². The van der Waals surface area contributed by atoms with Crippen LogP contribution in [0.2, 0.25) is 0 Å². The molecule has 0 aliphatic carbocycles. The van der Waals surface area contributed by atoms with Crippen LogP contribution in [0.25, 0.3) is 11.1 Å². The van der Waals surface area contributed by atoms with Gasteiger partial charge < -0.3 is 15.1 Å². The molecule has 1 saturated heterocycles. The van der Waals surface area contributed by atoms with Gasteiger partial charge in [-0.3, -0.25) is 0 Å². The maximum Gasteiger partial charge on any atom is 0.322 e. The summed E-state index contributed by atoms with van der Waals surface area (Å²) in [5, 5.41) is 3.15. The van der Waals surface area contributed by atoms with E-state index in [2.05, 4.69) is 96.0 Å². The molecule has 4 aromatic rings. The van der Waals surface area contributed by atoms with Gasteiger partial charge in [-0.25, -0.2) is 4.79 Å². The molecular weight excluding hydrogens is 490 g/mol. The molecule has 1 fully saturated rings. The lowest BCUT2D eigenvalue weighted by molar-refractivity contribution is 0.147. The molecule has 1 aliphatic rings. The van der Waals surface area contributed by atoms with Crippen molar-refractivity contribution in [3.05, 3.63) is 126 Å². The van der Waals surface area contributed by atoms with Gasteiger partial charge in [0.05, 0.1) is 0 Å². The fraction of sp³-hybridized carbons (Fsp3) is 0.306. The SMILES string of the molecule is Cc1ccc(NC(=O)N(Cc2ccc(-c3ccccc3)cc2)CC2CCN(CCCc3ccccc3)CC2)cc1. The van der Waals surface area contributed by atoms with Gasteiger partial charge in [0, 0.05) is 18.8 Å². The highest BCUT2D eigenvalue weighted by atomic mass is 16.2. The van der Waals surface area contributed by atoms with Gasteiger partial charge in [-0.05, 0) is 92.5 Å². The standard InChI is InChI=1S/C36H41N3O/c1-29-14-20-35(21-15-29)37-36(40)39(27-31-16-18-34(19-17-31)33-12-6-3-7-13-33)28-32-22-25-38(26-23-32)24-8-11-30-9-4-2-5-10-30/h2-7,9-10,12-21,32H,8,11,22-28H2,1H3,(H,37,40). The van der Waals surface area contributed by atoms with E-state index in [0.29, 0.717) is 12.5 Å². The van der Waals surface area contributed by atoms with Crippen molar-refractivity contribution in [1.82, 2.24) is 9.80 Å². The number of hydrogen-bond donors (Lipinski definition) is 1. The number of amides is 2. The molecule has 1 N–H and O–H groups in total. The Balaban J connectivity index is 1.19. The number of urea groups is 1. The van der Waals surface area contributed by atoms with E-state index in [-0.39, 0.29) is 6.03 Å². The summed E-state index contributed by atoms with van der Waals surface area (Å²) in [5.74, 6) is 0.512. The zero-order valence-electron chi connectivity index (χ0n) is 23.6. The zero-order chi connectivity index (χ0) is 27.6. The molecule has 0 aromatic heterocycles. The Labute approximate surface area is 239 Å². The molecular formula is C36H41N3O. The van der Waals surface area contributed by atoms with Crippen molar-refractivity contribution in [3.8, 4) is 11.1 Å². The lowest BCUT2D eigenvalue weighted by Gasteiger charge is -2.35. The quantitative estimate of drug-likeness (QED) is 0.225.